The number of nitrogens with zero attached hydrogens (tertiary/aromatic N) is 1. The van der Waals surface area contributed by atoms with Crippen molar-refractivity contribution >= 4 is 11.5 Å². The fraction of sp³-hybridized carbons (Fsp3) is 0.571. The third-order valence-electron chi connectivity index (χ3n) is 6.36. The number of nitrogens with one attached hydrogen (secondary N) is 2. The lowest BCUT2D eigenvalue weighted by Crippen LogP contribution is -2.36. The van der Waals surface area contributed by atoms with Crippen LogP contribution in [0.5, 0.6) is 0 Å². The zero-order chi connectivity index (χ0) is 15.9. The van der Waals surface area contributed by atoms with E-state index in [4.69, 9.17) is 4.99 Å². The van der Waals surface area contributed by atoms with E-state index in [1.165, 1.54) is 68.2 Å². The van der Waals surface area contributed by atoms with Gasteiger partial charge in [-0.3, -0.25) is 4.99 Å². The van der Waals surface area contributed by atoms with Gasteiger partial charge in [0.05, 0.1) is 6.04 Å². The molecule has 3 nitrogen and oxygen atoms in total. The van der Waals surface area contributed by atoms with Gasteiger partial charge in [0.1, 0.15) is 5.84 Å². The van der Waals surface area contributed by atoms with Gasteiger partial charge in [0.2, 0.25) is 0 Å². The molecule has 0 aromatic heterocycles. The van der Waals surface area contributed by atoms with E-state index in [9.17, 15) is 0 Å². The van der Waals surface area contributed by atoms with Crippen LogP contribution in [0.15, 0.2) is 35.3 Å². The minimum atomic E-state index is 0.510. The predicted molar refractivity (Wildman–Crippen MR) is 99.0 cm³/mol. The van der Waals surface area contributed by atoms with Gasteiger partial charge < -0.3 is 10.6 Å². The molecule has 0 saturated heterocycles. The Morgan fingerprint density at radius 3 is 2.25 bits per heavy atom. The molecule has 5 rings (SSSR count). The molecule has 4 aliphatic rings. The maximum atomic E-state index is 4.94. The van der Waals surface area contributed by atoms with Crippen LogP contribution in [-0.2, 0) is 0 Å². The van der Waals surface area contributed by atoms with Crippen LogP contribution in [0.4, 0.5) is 0 Å². The number of amidine groups is 1. The van der Waals surface area contributed by atoms with Crippen LogP contribution < -0.4 is 10.6 Å². The molecule has 4 atom stereocenters. The van der Waals surface area contributed by atoms with Crippen LogP contribution in [0.3, 0.4) is 0 Å². The first kappa shape index (κ1) is 14.6. The topological polar surface area (TPSA) is 36.4 Å². The summed E-state index contributed by atoms with van der Waals surface area (Å²) < 4.78 is 0. The second-order valence-electron chi connectivity index (χ2n) is 7.94. The van der Waals surface area contributed by atoms with Crippen molar-refractivity contribution in [3.05, 3.63) is 41.5 Å². The molecule has 2 fully saturated rings. The van der Waals surface area contributed by atoms with Gasteiger partial charge >= 0.3 is 0 Å². The normalized spacial score (nSPS) is 34.5. The highest BCUT2D eigenvalue weighted by Gasteiger charge is 2.32. The Kier molecular flexibility index (Phi) is 3.61. The van der Waals surface area contributed by atoms with E-state index in [0.717, 1.165) is 11.8 Å². The van der Waals surface area contributed by atoms with E-state index in [2.05, 4.69) is 41.0 Å². The smallest absolute Gasteiger partial charge is 0.128 e. The van der Waals surface area contributed by atoms with E-state index >= 15 is 0 Å². The maximum absolute atomic E-state index is 4.94. The summed E-state index contributed by atoms with van der Waals surface area (Å²) in [4.78, 5) is 4.94. The Morgan fingerprint density at radius 2 is 1.46 bits per heavy atom. The molecule has 4 unspecified atom stereocenters. The van der Waals surface area contributed by atoms with Crippen molar-refractivity contribution in [1.82, 2.24) is 10.6 Å². The average Bonchev–Trinajstić information content (AvgIpc) is 3.25. The predicted octanol–water partition coefficient (Wildman–Crippen LogP) is 3.85. The molecule has 2 aliphatic carbocycles. The Balaban J connectivity index is 1.33. The summed E-state index contributed by atoms with van der Waals surface area (Å²) in [7, 11) is 0. The van der Waals surface area contributed by atoms with E-state index < -0.39 is 0 Å². The molecule has 3 heteroatoms. The van der Waals surface area contributed by atoms with Crippen molar-refractivity contribution < 1.29 is 0 Å². The minimum Gasteiger partial charge on any atom is -0.381 e. The second kappa shape index (κ2) is 5.94. The highest BCUT2D eigenvalue weighted by Crippen LogP contribution is 2.34. The summed E-state index contributed by atoms with van der Waals surface area (Å²) in [6.45, 7) is 0. The lowest BCUT2D eigenvalue weighted by atomic mass is 9.86. The molecule has 1 aromatic rings. The Labute approximate surface area is 144 Å². The summed E-state index contributed by atoms with van der Waals surface area (Å²) in [5, 5.41) is 7.41. The third-order valence-corrected chi connectivity index (χ3v) is 6.36. The van der Waals surface area contributed by atoms with E-state index in [-0.39, 0.29) is 0 Å². The first-order valence-electron chi connectivity index (χ1n) is 9.80. The first-order valence-corrected chi connectivity index (χ1v) is 9.80. The fourth-order valence-corrected chi connectivity index (χ4v) is 4.96. The Morgan fingerprint density at radius 1 is 0.750 bits per heavy atom. The maximum Gasteiger partial charge on any atom is 0.128 e. The van der Waals surface area contributed by atoms with Crippen molar-refractivity contribution in [3.8, 4) is 0 Å². The minimum absolute atomic E-state index is 0.510. The summed E-state index contributed by atoms with van der Waals surface area (Å²) in [6.07, 6.45) is 13.1. The van der Waals surface area contributed by atoms with Crippen LogP contribution in [0, 0.1) is 5.92 Å². The van der Waals surface area contributed by atoms with Crippen molar-refractivity contribution in [2.45, 2.75) is 69.5 Å². The monoisotopic (exact) mass is 321 g/mol. The van der Waals surface area contributed by atoms with Crippen molar-refractivity contribution in [3.63, 3.8) is 0 Å². The Bertz CT molecular complexity index is 614. The number of hydrogen-bond acceptors (Lipinski definition) is 3. The molecule has 0 bridgehead atoms. The van der Waals surface area contributed by atoms with Gasteiger partial charge in [0.15, 0.2) is 0 Å². The standard InChI is InChI=1S/C21H27N3/c1-2-6-17-16(5-1)13-20(22-17)14-9-11-15(12-10-14)21-23-18-7-3-4-8-19(18)24-21/h9-13,16-19,22H,1-8H2,(H,23,24). The molecular weight excluding hydrogens is 294 g/mol. The van der Waals surface area contributed by atoms with Crippen LogP contribution in [0.1, 0.15) is 62.5 Å². The van der Waals surface area contributed by atoms with Gasteiger partial charge in [0.25, 0.3) is 0 Å². The van der Waals surface area contributed by atoms with Crippen molar-refractivity contribution in [2.75, 3.05) is 0 Å². The van der Waals surface area contributed by atoms with Gasteiger partial charge in [-0.2, -0.15) is 0 Å². The van der Waals surface area contributed by atoms with Gasteiger partial charge in [0, 0.05) is 23.3 Å². The second-order valence-corrected chi connectivity index (χ2v) is 7.94. The molecule has 2 heterocycles. The fourth-order valence-electron chi connectivity index (χ4n) is 4.96. The lowest BCUT2D eigenvalue weighted by molar-refractivity contribution is 0.353. The van der Waals surface area contributed by atoms with E-state index in [0.29, 0.717) is 18.1 Å². The average molecular weight is 321 g/mol. The Hall–Kier alpha value is -1.77. The number of benzene rings is 1. The number of aliphatic imine (C=N–C) groups is 1. The molecule has 0 amide bonds. The molecular formula is C21H27N3. The van der Waals surface area contributed by atoms with Crippen LogP contribution in [0.2, 0.25) is 0 Å². The molecule has 2 aliphatic heterocycles. The van der Waals surface area contributed by atoms with E-state index in [1.807, 2.05) is 0 Å². The SMILES string of the molecule is C1=C(c2ccc(C3=NC4CCCCC4N3)cc2)NC2CCCCC12. The first-order chi connectivity index (χ1) is 11.9. The quantitative estimate of drug-likeness (QED) is 0.868. The lowest BCUT2D eigenvalue weighted by Gasteiger charge is -2.25. The highest BCUT2D eigenvalue weighted by molar-refractivity contribution is 6.00. The highest BCUT2D eigenvalue weighted by atomic mass is 15.1. The summed E-state index contributed by atoms with van der Waals surface area (Å²) in [6, 6.07) is 10.8. The number of rotatable bonds is 2. The van der Waals surface area contributed by atoms with E-state index in [1.54, 1.807) is 0 Å². The van der Waals surface area contributed by atoms with Gasteiger partial charge in [-0.1, -0.05) is 56.0 Å². The zero-order valence-electron chi connectivity index (χ0n) is 14.3. The van der Waals surface area contributed by atoms with Gasteiger partial charge in [-0.05, 0) is 37.2 Å². The molecule has 2 N–H and O–H groups in total. The van der Waals surface area contributed by atoms with Crippen LogP contribution in [-0.4, -0.2) is 24.0 Å². The zero-order valence-corrected chi connectivity index (χ0v) is 14.3. The van der Waals surface area contributed by atoms with Crippen LogP contribution >= 0.6 is 0 Å². The van der Waals surface area contributed by atoms with Gasteiger partial charge in [-0.25, -0.2) is 0 Å². The molecule has 1 aromatic carbocycles. The summed E-state index contributed by atoms with van der Waals surface area (Å²) in [5.41, 5.74) is 3.90. The van der Waals surface area contributed by atoms with Crippen molar-refractivity contribution in [1.29, 1.82) is 0 Å². The molecule has 2 saturated carbocycles. The number of hydrogen-bond donors (Lipinski definition) is 2. The largest absolute Gasteiger partial charge is 0.381 e. The molecule has 0 spiro atoms. The van der Waals surface area contributed by atoms with Crippen molar-refractivity contribution in [2.24, 2.45) is 10.9 Å². The molecule has 24 heavy (non-hydrogen) atoms. The third kappa shape index (κ3) is 2.54. The number of fused-ring (bicyclic) bond motifs is 2. The summed E-state index contributed by atoms with van der Waals surface area (Å²) >= 11 is 0. The molecule has 0 radical (unpaired) electrons. The summed E-state index contributed by atoms with van der Waals surface area (Å²) in [5.74, 6) is 1.86. The van der Waals surface area contributed by atoms with Crippen LogP contribution in [0.25, 0.3) is 5.70 Å². The molecule has 126 valence electrons. The van der Waals surface area contributed by atoms with Gasteiger partial charge in [-0.15, -0.1) is 0 Å².